The van der Waals surface area contributed by atoms with Crippen LogP contribution >= 0.6 is 0 Å². The molecule has 0 aliphatic heterocycles. The molecule has 1 fully saturated rings. The van der Waals surface area contributed by atoms with Gasteiger partial charge in [-0.3, -0.25) is 10.2 Å². The van der Waals surface area contributed by atoms with E-state index in [1.165, 1.54) is 12.3 Å². The van der Waals surface area contributed by atoms with E-state index >= 15 is 0 Å². The van der Waals surface area contributed by atoms with Crippen molar-refractivity contribution in [3.05, 3.63) is 63.3 Å². The summed E-state index contributed by atoms with van der Waals surface area (Å²) in [5.74, 6) is -0.711. The fourth-order valence-electron chi connectivity index (χ4n) is 3.19. The number of nitrogens with one attached hydrogen (secondary N) is 1. The largest absolute Gasteiger partial charge is 0.488 e. The van der Waals surface area contributed by atoms with Gasteiger partial charge in [-0.25, -0.2) is 4.79 Å². The molecule has 2 aliphatic carbocycles. The van der Waals surface area contributed by atoms with Gasteiger partial charge in [0.05, 0.1) is 6.10 Å². The molecular weight excluding hydrogens is 368 g/mol. The lowest BCUT2D eigenvalue weighted by atomic mass is 9.87. The Hall–Kier alpha value is -2.89. The van der Waals surface area contributed by atoms with Gasteiger partial charge >= 0.3 is 5.97 Å². The monoisotopic (exact) mass is 396 g/mol. The van der Waals surface area contributed by atoms with Gasteiger partial charge in [0.25, 0.3) is 0 Å². The van der Waals surface area contributed by atoms with Crippen LogP contribution in [0.3, 0.4) is 0 Å². The second kappa shape index (κ2) is 7.85. The van der Waals surface area contributed by atoms with Crippen LogP contribution in [0.25, 0.3) is 6.08 Å². The normalized spacial score (nSPS) is 19.7. The molecule has 1 heterocycles. The van der Waals surface area contributed by atoms with Gasteiger partial charge in [-0.2, -0.15) is 0 Å². The van der Waals surface area contributed by atoms with Crippen LogP contribution < -0.4 is 5.43 Å². The number of allylic oxidation sites excluding steroid dienone is 4. The first kappa shape index (κ1) is 20.8. The minimum Gasteiger partial charge on any atom is -0.488 e. The molecule has 2 N–H and O–H groups in total. The van der Waals surface area contributed by atoms with Crippen molar-refractivity contribution in [2.45, 2.75) is 59.1 Å². The van der Waals surface area contributed by atoms with Gasteiger partial charge in [0, 0.05) is 29.6 Å². The van der Waals surface area contributed by atoms with Crippen molar-refractivity contribution in [1.29, 1.82) is 5.41 Å². The van der Waals surface area contributed by atoms with Crippen molar-refractivity contribution in [3.8, 4) is 0 Å². The molecule has 2 aliphatic rings. The number of carboxylic acids is 1. The van der Waals surface area contributed by atoms with E-state index in [4.69, 9.17) is 10.1 Å². The second-order valence-corrected chi connectivity index (χ2v) is 8.77. The number of aromatic carboxylic acids is 1. The van der Waals surface area contributed by atoms with Crippen molar-refractivity contribution in [1.82, 2.24) is 4.57 Å². The average Bonchev–Trinajstić information content (AvgIpc) is 2.59. The van der Waals surface area contributed by atoms with Gasteiger partial charge < -0.3 is 14.4 Å². The third kappa shape index (κ3) is 4.42. The molecule has 29 heavy (non-hydrogen) atoms. The highest BCUT2D eigenvalue weighted by Crippen LogP contribution is 2.32. The number of carbonyl (C=O) groups is 1. The summed E-state index contributed by atoms with van der Waals surface area (Å²) in [7, 11) is 0. The van der Waals surface area contributed by atoms with E-state index in [1.807, 2.05) is 17.6 Å². The van der Waals surface area contributed by atoms with Crippen LogP contribution in [0.4, 0.5) is 0 Å². The molecule has 6 nitrogen and oxygen atoms in total. The Bertz CT molecular complexity index is 985. The van der Waals surface area contributed by atoms with Crippen LogP contribution in [0.1, 0.15) is 69.1 Å². The van der Waals surface area contributed by atoms with Crippen molar-refractivity contribution in [2.75, 3.05) is 0 Å². The molecule has 1 unspecified atom stereocenters. The topological polar surface area (TPSA) is 92.4 Å². The van der Waals surface area contributed by atoms with E-state index in [-0.39, 0.29) is 28.8 Å². The Kier molecular flexibility index (Phi) is 5.64. The van der Waals surface area contributed by atoms with E-state index in [9.17, 15) is 14.7 Å². The van der Waals surface area contributed by atoms with Gasteiger partial charge in [-0.15, -0.1) is 0 Å². The number of aromatic nitrogens is 1. The third-order valence-electron chi connectivity index (χ3n) is 5.72. The Balaban J connectivity index is 2.03. The quantitative estimate of drug-likeness (QED) is 0.762. The van der Waals surface area contributed by atoms with Crippen molar-refractivity contribution >= 4 is 17.8 Å². The van der Waals surface area contributed by atoms with Crippen LogP contribution in [0, 0.1) is 10.8 Å². The summed E-state index contributed by atoms with van der Waals surface area (Å²) in [6, 6.07) is 1.26. The molecule has 0 bridgehead atoms. The second-order valence-electron chi connectivity index (χ2n) is 8.77. The van der Waals surface area contributed by atoms with Crippen LogP contribution in [-0.4, -0.2) is 27.5 Å². The summed E-state index contributed by atoms with van der Waals surface area (Å²) in [5.41, 5.74) is 0.493. The summed E-state index contributed by atoms with van der Waals surface area (Å²) in [6.45, 7) is 8.17. The van der Waals surface area contributed by atoms with E-state index in [2.05, 4.69) is 20.8 Å². The van der Waals surface area contributed by atoms with Crippen LogP contribution in [0.5, 0.6) is 0 Å². The van der Waals surface area contributed by atoms with Gasteiger partial charge in [0.15, 0.2) is 5.43 Å². The zero-order valence-electron chi connectivity index (χ0n) is 17.4. The van der Waals surface area contributed by atoms with Crippen LogP contribution in [0.2, 0.25) is 0 Å². The maximum Gasteiger partial charge on any atom is 0.341 e. The van der Waals surface area contributed by atoms with E-state index in [0.717, 1.165) is 19.3 Å². The Labute approximate surface area is 170 Å². The molecule has 0 spiro atoms. The fourth-order valence-corrected chi connectivity index (χ4v) is 3.19. The smallest absolute Gasteiger partial charge is 0.341 e. The lowest BCUT2D eigenvalue weighted by molar-refractivity contribution is 0.0628. The van der Waals surface area contributed by atoms with E-state index in [1.54, 1.807) is 18.2 Å². The van der Waals surface area contributed by atoms with Crippen molar-refractivity contribution in [2.24, 2.45) is 5.41 Å². The number of hydrogen-bond donors (Lipinski definition) is 2. The molecule has 0 saturated heterocycles. The predicted molar refractivity (Wildman–Crippen MR) is 113 cm³/mol. The van der Waals surface area contributed by atoms with Crippen LogP contribution in [0.15, 0.2) is 46.6 Å². The molecule has 0 amide bonds. The molecule has 1 saturated carbocycles. The molecule has 6 heteroatoms. The molecule has 0 radical (unpaired) electrons. The first-order valence-electron chi connectivity index (χ1n) is 9.93. The molecule has 0 aromatic carbocycles. The lowest BCUT2D eigenvalue weighted by Crippen LogP contribution is -2.27. The zero-order chi connectivity index (χ0) is 21.3. The minimum atomic E-state index is -1.24. The molecule has 1 atom stereocenters. The molecule has 1 aromatic heterocycles. The van der Waals surface area contributed by atoms with Gasteiger partial charge in [0.2, 0.25) is 0 Å². The first-order valence-corrected chi connectivity index (χ1v) is 9.93. The first-order chi connectivity index (χ1) is 13.6. The van der Waals surface area contributed by atoms with Crippen molar-refractivity contribution < 1.29 is 14.6 Å². The highest BCUT2D eigenvalue weighted by atomic mass is 16.5. The number of ether oxygens (including phenoxy) is 1. The molecular formula is C23H28N2O4. The average molecular weight is 396 g/mol. The standard InChI is InChI=1S/C23H28N2O4/c1-14(23(2,3)4)25-13-18(22(27)28)19(26)12-16(25)11-15-7-5-10-20(21(15)24)29-17-8-6-9-17/h5,7,10-14,17,24H,6,8-9H2,1-4H3,(H,27,28)/b15-11+,24-21?. The summed E-state index contributed by atoms with van der Waals surface area (Å²) in [4.78, 5) is 23.8. The number of nitrogens with zero attached hydrogens (tertiary/aromatic N) is 1. The number of carboxylic acid groups (broad SMARTS) is 1. The lowest BCUT2D eigenvalue weighted by Gasteiger charge is -2.32. The van der Waals surface area contributed by atoms with Crippen LogP contribution in [-0.2, 0) is 4.74 Å². The summed E-state index contributed by atoms with van der Waals surface area (Å²) >= 11 is 0. The zero-order valence-corrected chi connectivity index (χ0v) is 17.4. The summed E-state index contributed by atoms with van der Waals surface area (Å²) in [5, 5.41) is 17.9. The number of pyridine rings is 1. The predicted octanol–water partition coefficient (Wildman–Crippen LogP) is 4.58. The van der Waals surface area contributed by atoms with Gasteiger partial charge in [-0.05, 0) is 43.8 Å². The van der Waals surface area contributed by atoms with E-state index < -0.39 is 11.4 Å². The Morgan fingerprint density at radius 3 is 2.62 bits per heavy atom. The highest BCUT2D eigenvalue weighted by molar-refractivity contribution is 6.14. The van der Waals surface area contributed by atoms with Gasteiger partial charge in [-0.1, -0.05) is 32.9 Å². The molecule has 1 aromatic rings. The number of hydrogen-bond acceptors (Lipinski definition) is 4. The van der Waals surface area contributed by atoms with Crippen molar-refractivity contribution in [3.63, 3.8) is 0 Å². The minimum absolute atomic E-state index is 0.0731. The maximum atomic E-state index is 12.4. The third-order valence-corrected chi connectivity index (χ3v) is 5.72. The summed E-state index contributed by atoms with van der Waals surface area (Å²) < 4.78 is 7.72. The number of rotatable bonds is 5. The molecule has 3 rings (SSSR count). The SMILES string of the molecule is CC(n1cc(C(=O)O)c(=O)cc1/C=C1\C=CC=C(OC2CCC2)C1=N)C(C)(C)C. The highest BCUT2D eigenvalue weighted by Gasteiger charge is 2.26. The Morgan fingerprint density at radius 2 is 2.07 bits per heavy atom. The maximum absolute atomic E-state index is 12.4. The summed E-state index contributed by atoms with van der Waals surface area (Å²) in [6.07, 6.45) is 11.9. The van der Waals surface area contributed by atoms with Gasteiger partial charge in [0.1, 0.15) is 17.0 Å². The Morgan fingerprint density at radius 1 is 1.38 bits per heavy atom. The molecule has 154 valence electrons. The van der Waals surface area contributed by atoms with E-state index in [0.29, 0.717) is 17.0 Å². The fraction of sp³-hybridized carbons (Fsp3) is 0.435.